The minimum absolute atomic E-state index is 0.0936. The van der Waals surface area contributed by atoms with E-state index in [-0.39, 0.29) is 22.8 Å². The molecule has 152 valence electrons. The van der Waals surface area contributed by atoms with Gasteiger partial charge in [0.05, 0.1) is 12.0 Å². The molecular weight excluding hydrogens is 385 g/mol. The summed E-state index contributed by atoms with van der Waals surface area (Å²) in [5.74, 6) is 0.814. The Hall–Kier alpha value is -2.94. The van der Waals surface area contributed by atoms with Gasteiger partial charge in [-0.25, -0.2) is 15.0 Å². The van der Waals surface area contributed by atoms with E-state index in [4.69, 9.17) is 9.47 Å². The molecule has 0 amide bonds. The van der Waals surface area contributed by atoms with E-state index in [0.29, 0.717) is 13.0 Å². The predicted octanol–water partition coefficient (Wildman–Crippen LogP) is 4.65. The van der Waals surface area contributed by atoms with Crippen LogP contribution >= 0.6 is 0 Å². The summed E-state index contributed by atoms with van der Waals surface area (Å²) < 4.78 is 50.5. The van der Waals surface area contributed by atoms with Gasteiger partial charge in [-0.05, 0) is 19.1 Å². The molecule has 0 spiro atoms. The Labute approximate surface area is 164 Å². The lowest BCUT2D eigenvalue weighted by Crippen LogP contribution is -2.42. The Morgan fingerprint density at radius 3 is 2.90 bits per heavy atom. The number of methoxy groups -OCH3 is 1. The van der Waals surface area contributed by atoms with Crippen LogP contribution in [0.25, 0.3) is 11.0 Å². The van der Waals surface area contributed by atoms with Crippen LogP contribution in [0.4, 0.5) is 19.0 Å². The van der Waals surface area contributed by atoms with E-state index >= 15 is 0 Å². The molecule has 2 atom stereocenters. The number of alkyl halides is 3. The first-order valence-electron chi connectivity index (χ1n) is 9.01. The van der Waals surface area contributed by atoms with E-state index in [9.17, 15) is 13.2 Å². The van der Waals surface area contributed by atoms with Crippen LogP contribution in [0.1, 0.15) is 30.5 Å². The summed E-state index contributed by atoms with van der Waals surface area (Å²) in [6, 6.07) is 8.61. The van der Waals surface area contributed by atoms with Crippen molar-refractivity contribution < 1.29 is 22.6 Å². The quantitative estimate of drug-likeness (QED) is 0.643. The average molecular weight is 404 g/mol. The zero-order valence-electron chi connectivity index (χ0n) is 15.8. The van der Waals surface area contributed by atoms with E-state index in [1.165, 1.54) is 6.33 Å². The molecule has 0 fully saturated rings. The largest absolute Gasteiger partial charge is 0.485 e. The Morgan fingerprint density at radius 2 is 2.14 bits per heavy atom. The number of para-hydroxylation sites is 1. The highest BCUT2D eigenvalue weighted by Gasteiger charge is 2.37. The second kappa shape index (κ2) is 7.14. The van der Waals surface area contributed by atoms with Crippen molar-refractivity contribution in [3.05, 3.63) is 47.9 Å². The fraction of sp³-hybridized carbons (Fsp3) is 0.350. The number of nitrogens with zero attached hydrogens (tertiary/aromatic N) is 3. The van der Waals surface area contributed by atoms with Crippen molar-refractivity contribution in [3.63, 3.8) is 0 Å². The number of halogens is 3. The molecule has 0 radical (unpaired) electrons. The lowest BCUT2D eigenvalue weighted by Gasteiger charge is -2.38. The van der Waals surface area contributed by atoms with Crippen LogP contribution in [0.5, 0.6) is 5.75 Å². The third kappa shape index (κ3) is 3.82. The minimum atomic E-state index is -4.50. The molecule has 2 aromatic heterocycles. The third-order valence-electron chi connectivity index (χ3n) is 4.86. The number of hydrogen-bond acceptors (Lipinski definition) is 5. The molecular formula is C20H19F3N4O2. The topological polar surface area (TPSA) is 72.4 Å². The lowest BCUT2D eigenvalue weighted by atomic mass is 9.84. The van der Waals surface area contributed by atoms with E-state index in [2.05, 4.69) is 19.9 Å². The number of aliphatic imine (C=N–C) groups is 1. The number of aromatic amines is 1. The summed E-state index contributed by atoms with van der Waals surface area (Å²) in [5, 5.41) is 0.219. The summed E-state index contributed by atoms with van der Waals surface area (Å²) >= 11 is 0. The van der Waals surface area contributed by atoms with Crippen molar-refractivity contribution in [2.24, 2.45) is 4.99 Å². The smallest absolute Gasteiger partial charge is 0.431 e. The Bertz CT molecular complexity index is 1060. The number of aromatic nitrogens is 3. The SMILES string of the molecule is COC[C@]1(C)CC(C=Nc2ncnc3[nH]c(C(F)(F)F)cc23)c2ccccc2O1. The molecule has 0 saturated heterocycles. The first-order valence-corrected chi connectivity index (χ1v) is 9.01. The van der Waals surface area contributed by atoms with Gasteiger partial charge in [-0.2, -0.15) is 13.2 Å². The summed E-state index contributed by atoms with van der Waals surface area (Å²) in [4.78, 5) is 14.6. The van der Waals surface area contributed by atoms with Crippen molar-refractivity contribution >= 4 is 23.1 Å². The molecule has 4 rings (SSSR count). The van der Waals surface area contributed by atoms with Gasteiger partial charge in [-0.15, -0.1) is 0 Å². The number of fused-ring (bicyclic) bond motifs is 2. The van der Waals surface area contributed by atoms with Gasteiger partial charge in [-0.3, -0.25) is 0 Å². The lowest BCUT2D eigenvalue weighted by molar-refractivity contribution is -0.140. The number of rotatable bonds is 4. The van der Waals surface area contributed by atoms with Crippen LogP contribution in [0.2, 0.25) is 0 Å². The number of ether oxygens (including phenoxy) is 2. The average Bonchev–Trinajstić information content (AvgIpc) is 3.11. The molecule has 0 aliphatic carbocycles. The summed E-state index contributed by atoms with van der Waals surface area (Å²) in [7, 11) is 1.61. The molecule has 0 bridgehead atoms. The zero-order valence-corrected chi connectivity index (χ0v) is 15.8. The van der Waals surface area contributed by atoms with Crippen LogP contribution in [0.3, 0.4) is 0 Å². The standard InChI is InChI=1S/C20H19F3N4O2/c1-19(10-28-2)8-12(13-5-3-4-6-15(13)29-19)9-24-17-14-7-16(20(21,22)23)27-18(14)26-11-25-17/h3-7,9,11-12H,8,10H2,1-2H3,(H,25,26,27)/t12?,19-/m0/s1. The molecule has 3 heterocycles. The summed E-state index contributed by atoms with van der Waals surface area (Å²) in [5.41, 5.74) is -0.372. The second-order valence-corrected chi connectivity index (χ2v) is 7.25. The van der Waals surface area contributed by atoms with Crippen molar-refractivity contribution in [1.29, 1.82) is 0 Å². The zero-order chi connectivity index (χ0) is 20.6. The minimum Gasteiger partial charge on any atom is -0.485 e. The van der Waals surface area contributed by atoms with Crippen molar-refractivity contribution in [2.75, 3.05) is 13.7 Å². The molecule has 6 nitrogen and oxygen atoms in total. The van der Waals surface area contributed by atoms with E-state index in [1.807, 2.05) is 31.2 Å². The maximum Gasteiger partial charge on any atom is 0.431 e. The Balaban J connectivity index is 1.71. The summed E-state index contributed by atoms with van der Waals surface area (Å²) in [6.07, 6.45) is -0.990. The maximum absolute atomic E-state index is 13.0. The molecule has 1 aliphatic heterocycles. The van der Waals surface area contributed by atoms with Crippen LogP contribution < -0.4 is 4.74 Å². The van der Waals surface area contributed by atoms with Gasteiger partial charge in [0.1, 0.15) is 29.0 Å². The third-order valence-corrected chi connectivity index (χ3v) is 4.86. The van der Waals surface area contributed by atoms with Gasteiger partial charge < -0.3 is 14.5 Å². The molecule has 1 aromatic carbocycles. The van der Waals surface area contributed by atoms with Gasteiger partial charge >= 0.3 is 6.18 Å². The fourth-order valence-corrected chi connectivity index (χ4v) is 3.63. The molecule has 1 N–H and O–H groups in total. The molecule has 0 saturated carbocycles. The maximum atomic E-state index is 13.0. The fourth-order valence-electron chi connectivity index (χ4n) is 3.63. The molecule has 9 heteroatoms. The van der Waals surface area contributed by atoms with Crippen molar-refractivity contribution in [1.82, 2.24) is 15.0 Å². The Morgan fingerprint density at radius 1 is 1.34 bits per heavy atom. The van der Waals surface area contributed by atoms with Gasteiger partial charge in [0.25, 0.3) is 0 Å². The summed E-state index contributed by atoms with van der Waals surface area (Å²) in [6.45, 7) is 2.36. The first kappa shape index (κ1) is 19.4. The molecule has 3 aromatic rings. The van der Waals surface area contributed by atoms with Gasteiger partial charge in [-0.1, -0.05) is 18.2 Å². The monoisotopic (exact) mass is 404 g/mol. The first-order chi connectivity index (χ1) is 13.8. The Kier molecular flexibility index (Phi) is 4.77. The van der Waals surface area contributed by atoms with Crippen LogP contribution in [0.15, 0.2) is 41.7 Å². The number of H-pyrrole nitrogens is 1. The molecule has 29 heavy (non-hydrogen) atoms. The molecule has 1 unspecified atom stereocenters. The van der Waals surface area contributed by atoms with E-state index in [1.54, 1.807) is 13.3 Å². The number of benzene rings is 1. The normalized spacial score (nSPS) is 22.0. The van der Waals surface area contributed by atoms with E-state index in [0.717, 1.165) is 17.4 Å². The van der Waals surface area contributed by atoms with E-state index < -0.39 is 17.5 Å². The van der Waals surface area contributed by atoms with Crippen LogP contribution in [-0.4, -0.2) is 40.5 Å². The van der Waals surface area contributed by atoms with Crippen molar-refractivity contribution in [2.45, 2.75) is 31.0 Å². The highest BCUT2D eigenvalue weighted by molar-refractivity contribution is 5.88. The number of nitrogens with one attached hydrogen (secondary N) is 1. The van der Waals surface area contributed by atoms with Crippen LogP contribution in [0, 0.1) is 0 Å². The molecule has 1 aliphatic rings. The number of hydrogen-bond donors (Lipinski definition) is 1. The highest BCUT2D eigenvalue weighted by atomic mass is 19.4. The highest BCUT2D eigenvalue weighted by Crippen LogP contribution is 2.40. The van der Waals surface area contributed by atoms with Gasteiger partial charge in [0.2, 0.25) is 0 Å². The van der Waals surface area contributed by atoms with Gasteiger partial charge in [0, 0.05) is 31.2 Å². The van der Waals surface area contributed by atoms with Gasteiger partial charge in [0.15, 0.2) is 5.82 Å². The predicted molar refractivity (Wildman–Crippen MR) is 102 cm³/mol. The second-order valence-electron chi connectivity index (χ2n) is 7.25. The van der Waals surface area contributed by atoms with Crippen molar-refractivity contribution in [3.8, 4) is 5.75 Å². The van der Waals surface area contributed by atoms with Crippen LogP contribution in [-0.2, 0) is 10.9 Å².